The van der Waals surface area contributed by atoms with E-state index in [1.807, 2.05) is 25.9 Å². The molecule has 1 unspecified atom stereocenters. The molecule has 1 atom stereocenters. The molecule has 0 aromatic heterocycles. The number of Topliss-reactive ketones (excluding diaryl/α,β-unsaturated/α-hetero) is 1. The second-order valence-corrected chi connectivity index (χ2v) is 4.32. The van der Waals surface area contributed by atoms with Crippen molar-refractivity contribution in [2.75, 3.05) is 40.3 Å². The van der Waals surface area contributed by atoms with Crippen LogP contribution in [0.2, 0.25) is 0 Å². The summed E-state index contributed by atoms with van der Waals surface area (Å²) < 4.78 is 0. The van der Waals surface area contributed by atoms with Crippen LogP contribution in [-0.2, 0) is 25.9 Å². The van der Waals surface area contributed by atoms with Gasteiger partial charge in [-0.2, -0.15) is 0 Å². The molecule has 0 aliphatic heterocycles. The van der Waals surface area contributed by atoms with Crippen LogP contribution in [0, 0.1) is 19.9 Å². The Morgan fingerprint density at radius 2 is 1.72 bits per heavy atom. The normalized spacial score (nSPS) is 11.6. The summed E-state index contributed by atoms with van der Waals surface area (Å²) in [7, 11) is 7.50. The zero-order chi connectivity index (χ0) is 13.8. The molecule has 0 aromatic carbocycles. The molecule has 0 amide bonds. The third kappa shape index (κ3) is 18.5. The van der Waals surface area contributed by atoms with Crippen LogP contribution in [0.4, 0.5) is 0 Å². The number of hydrogen-bond donors (Lipinski definition) is 1. The topological polar surface area (TPSA) is 43.8 Å². The fraction of sp³-hybridized carbons (Fsp3) is 0.769. The number of carbonyl (C=O) groups excluding carboxylic acids is 1. The van der Waals surface area contributed by atoms with Crippen LogP contribution < -0.4 is 0 Å². The van der Waals surface area contributed by atoms with E-state index in [-0.39, 0.29) is 39.4 Å². The Labute approximate surface area is 127 Å². The van der Waals surface area contributed by atoms with E-state index in [9.17, 15) is 4.79 Å². The van der Waals surface area contributed by atoms with E-state index in [1.165, 1.54) is 0 Å². The number of aliphatic hydroxyl groups is 1. The second kappa shape index (κ2) is 15.2. The minimum Gasteiger partial charge on any atom is -0.462 e. The minimum absolute atomic E-state index is 0. The molecule has 0 aliphatic rings. The Hall–Kier alpha value is 0.108. The molecule has 0 spiro atoms. The molecular formula is C13H28N2O2W. The number of nitrogens with zero attached hydrogens (tertiary/aromatic N) is 2. The Morgan fingerprint density at radius 1 is 1.28 bits per heavy atom. The van der Waals surface area contributed by atoms with Crippen molar-refractivity contribution in [1.82, 2.24) is 9.80 Å². The Bertz CT molecular complexity index is 190. The van der Waals surface area contributed by atoms with Gasteiger partial charge in [0.1, 0.15) is 0 Å². The molecule has 18 heavy (non-hydrogen) atoms. The maximum absolute atomic E-state index is 10.6. The van der Waals surface area contributed by atoms with Gasteiger partial charge in [-0.15, -0.1) is 0 Å². The standard InChI is InChI=1S/C9H18NO2.C4H10N.W/c1-4-10(3)6-9(7-11)5-8(2)12;1-4-5(2)3;/h9,11H,2,4-7H2,1,3H3;2,4H2,1,3H3;/q2*-1;+2. The molecule has 0 aliphatic carbocycles. The van der Waals surface area contributed by atoms with Gasteiger partial charge >= 0.3 is 21.1 Å². The van der Waals surface area contributed by atoms with Crippen LogP contribution in [0.25, 0.3) is 0 Å². The number of ketones is 1. The quantitative estimate of drug-likeness (QED) is 0.617. The molecule has 0 radical (unpaired) electrons. The van der Waals surface area contributed by atoms with Crippen molar-refractivity contribution in [3.8, 4) is 0 Å². The summed E-state index contributed by atoms with van der Waals surface area (Å²) in [5.41, 5.74) is 0. The molecule has 0 saturated carbocycles. The molecule has 1 N–H and O–H groups in total. The largest absolute Gasteiger partial charge is 2.00 e. The van der Waals surface area contributed by atoms with Gasteiger partial charge in [-0.3, -0.25) is 7.05 Å². The van der Waals surface area contributed by atoms with Crippen molar-refractivity contribution in [1.29, 1.82) is 0 Å². The van der Waals surface area contributed by atoms with Crippen molar-refractivity contribution in [2.45, 2.75) is 20.3 Å². The Morgan fingerprint density at radius 3 is 1.94 bits per heavy atom. The van der Waals surface area contributed by atoms with E-state index in [0.29, 0.717) is 6.42 Å². The summed E-state index contributed by atoms with van der Waals surface area (Å²) in [6, 6.07) is 0. The first-order valence-corrected chi connectivity index (χ1v) is 6.03. The summed E-state index contributed by atoms with van der Waals surface area (Å²) in [5, 5.41) is 8.91. The molecule has 108 valence electrons. The summed E-state index contributed by atoms with van der Waals surface area (Å²) in [4.78, 5) is 14.6. The van der Waals surface area contributed by atoms with Crippen LogP contribution in [0.15, 0.2) is 0 Å². The maximum Gasteiger partial charge on any atom is 2.00 e. The smallest absolute Gasteiger partial charge is 0.462 e. The minimum atomic E-state index is -0.0986. The summed E-state index contributed by atoms with van der Waals surface area (Å²) >= 11 is 0. The predicted octanol–water partition coefficient (Wildman–Crippen LogP) is 1.07. The number of carbonyl (C=O) groups is 1. The van der Waals surface area contributed by atoms with Crippen molar-refractivity contribution in [3.05, 3.63) is 14.0 Å². The molecule has 0 bridgehead atoms. The Balaban J connectivity index is -0.000000321. The van der Waals surface area contributed by atoms with E-state index < -0.39 is 0 Å². The van der Waals surface area contributed by atoms with Gasteiger partial charge < -0.3 is 26.6 Å². The van der Waals surface area contributed by atoms with Gasteiger partial charge in [0.15, 0.2) is 0 Å². The third-order valence-corrected chi connectivity index (χ3v) is 2.42. The van der Waals surface area contributed by atoms with Gasteiger partial charge in [-0.25, -0.2) is 0 Å². The van der Waals surface area contributed by atoms with Crippen molar-refractivity contribution >= 4 is 5.78 Å². The fourth-order valence-corrected chi connectivity index (χ4v) is 1.08. The van der Waals surface area contributed by atoms with E-state index in [0.717, 1.165) is 19.6 Å². The number of rotatable bonds is 7. The van der Waals surface area contributed by atoms with Gasteiger partial charge in [0.2, 0.25) is 0 Å². The molecule has 0 fully saturated rings. The first kappa shape index (κ1) is 23.2. The van der Waals surface area contributed by atoms with E-state index in [1.54, 1.807) is 0 Å². The van der Waals surface area contributed by atoms with Crippen molar-refractivity contribution in [2.24, 2.45) is 5.92 Å². The van der Waals surface area contributed by atoms with Crippen molar-refractivity contribution < 1.29 is 31.0 Å². The van der Waals surface area contributed by atoms with Gasteiger partial charge in [0.05, 0.1) is 0 Å². The van der Waals surface area contributed by atoms with Crippen molar-refractivity contribution in [3.63, 3.8) is 0 Å². The van der Waals surface area contributed by atoms with Crippen LogP contribution in [0.3, 0.4) is 0 Å². The van der Waals surface area contributed by atoms with Crippen LogP contribution in [0.5, 0.6) is 0 Å². The molecule has 4 nitrogen and oxygen atoms in total. The zero-order valence-corrected chi connectivity index (χ0v) is 15.1. The van der Waals surface area contributed by atoms with Gasteiger partial charge in [-0.1, -0.05) is 13.8 Å². The van der Waals surface area contributed by atoms with Gasteiger partial charge in [0.25, 0.3) is 0 Å². The summed E-state index contributed by atoms with van der Waals surface area (Å²) in [6.07, 6.45) is 0.376. The maximum atomic E-state index is 10.6. The van der Waals surface area contributed by atoms with Crippen LogP contribution in [-0.4, -0.2) is 61.0 Å². The predicted molar refractivity (Wildman–Crippen MR) is 72.4 cm³/mol. The second-order valence-electron chi connectivity index (χ2n) is 4.32. The van der Waals surface area contributed by atoms with Gasteiger partial charge in [-0.05, 0) is 45.3 Å². The first-order chi connectivity index (χ1) is 7.87. The molecule has 0 rings (SSSR count). The fourth-order valence-electron chi connectivity index (χ4n) is 1.08. The summed E-state index contributed by atoms with van der Waals surface area (Å²) in [6.45, 7) is 10.2. The molecule has 0 saturated heterocycles. The Kier molecular flexibility index (Phi) is 19.6. The van der Waals surface area contributed by atoms with Crippen LogP contribution >= 0.6 is 0 Å². The first-order valence-electron chi connectivity index (χ1n) is 6.03. The number of hydrogen-bond acceptors (Lipinski definition) is 4. The van der Waals surface area contributed by atoms with E-state index in [2.05, 4.69) is 25.8 Å². The molecule has 5 heteroatoms. The van der Waals surface area contributed by atoms with Crippen LogP contribution in [0.1, 0.15) is 20.3 Å². The van der Waals surface area contributed by atoms with Gasteiger partial charge in [0, 0.05) is 13.2 Å². The monoisotopic (exact) mass is 428 g/mol. The molecule has 0 aromatic rings. The molecular weight excluding hydrogens is 400 g/mol. The average Bonchev–Trinajstić information content (AvgIpc) is 2.27. The molecule has 0 heterocycles. The number of aliphatic hydroxyl groups excluding tert-OH is 1. The SMILES string of the molecule is [CH2-]C(=O)CC(CO)CN(C)CC.[CH2-]N(C)CC.[W+2]. The average molecular weight is 428 g/mol. The summed E-state index contributed by atoms with van der Waals surface area (Å²) in [5.74, 6) is -0.0569. The third-order valence-electron chi connectivity index (χ3n) is 2.42. The van der Waals surface area contributed by atoms with E-state index in [4.69, 9.17) is 5.11 Å². The zero-order valence-electron chi connectivity index (χ0n) is 12.2. The van der Waals surface area contributed by atoms with E-state index >= 15 is 0 Å².